The molecule has 0 radical (unpaired) electrons. The lowest BCUT2D eigenvalue weighted by Gasteiger charge is -2.26. The number of ether oxygens (including phenoxy) is 1. The molecule has 1 aliphatic carbocycles. The zero-order chi connectivity index (χ0) is 34.6. The number of nitrogens with zero attached hydrogens (tertiary/aromatic N) is 5. The Morgan fingerprint density at radius 1 is 1.04 bits per heavy atom. The predicted molar refractivity (Wildman–Crippen MR) is 180 cm³/mol. The van der Waals surface area contributed by atoms with Crippen LogP contribution in [-0.4, -0.2) is 55.6 Å². The van der Waals surface area contributed by atoms with Crippen LogP contribution >= 0.6 is 0 Å². The first-order valence-corrected chi connectivity index (χ1v) is 16.0. The Morgan fingerprint density at radius 3 is 2.26 bits per heavy atom. The van der Waals surface area contributed by atoms with Gasteiger partial charge in [-0.25, -0.2) is 19.2 Å². The molecule has 254 valence electrons. The van der Waals surface area contributed by atoms with E-state index in [-0.39, 0.29) is 29.0 Å². The van der Waals surface area contributed by atoms with Crippen molar-refractivity contribution in [1.82, 2.24) is 24.4 Å². The van der Waals surface area contributed by atoms with Crippen LogP contribution in [0, 0.1) is 17.1 Å². The van der Waals surface area contributed by atoms with E-state index in [1.54, 1.807) is 18.2 Å². The number of aromatic nitrogens is 4. The van der Waals surface area contributed by atoms with E-state index < -0.39 is 11.8 Å². The van der Waals surface area contributed by atoms with E-state index in [2.05, 4.69) is 25.6 Å². The van der Waals surface area contributed by atoms with Crippen molar-refractivity contribution in [3.05, 3.63) is 87.6 Å². The molecule has 4 aromatic rings. The van der Waals surface area contributed by atoms with Crippen LogP contribution in [0.3, 0.4) is 0 Å². The lowest BCUT2D eigenvalue weighted by atomic mass is 10.0. The molecule has 0 amide bonds. The van der Waals surface area contributed by atoms with Crippen LogP contribution in [0.4, 0.5) is 4.39 Å². The zero-order valence-electron chi connectivity index (χ0n) is 27.5. The molecule has 0 atom stereocenters. The van der Waals surface area contributed by atoms with Gasteiger partial charge in [0.05, 0.1) is 41.4 Å². The van der Waals surface area contributed by atoms with Gasteiger partial charge < -0.3 is 30.9 Å². The summed E-state index contributed by atoms with van der Waals surface area (Å²) in [4.78, 5) is 35.4. The average Bonchev–Trinajstić information content (AvgIpc) is 3.42. The first kappa shape index (κ1) is 38.5. The molecule has 1 saturated carbocycles. The summed E-state index contributed by atoms with van der Waals surface area (Å²) in [5.74, 6) is -0.352. The number of fused-ring (bicyclic) bond motifs is 1. The molecule has 2 aromatic heterocycles. The number of nitrogens with two attached hydrogens (primary N) is 2. The van der Waals surface area contributed by atoms with Gasteiger partial charge in [0.1, 0.15) is 18.3 Å². The normalized spacial score (nSPS) is 13.4. The Bertz CT molecular complexity index is 1620. The number of nitrogens with one attached hydrogen (secondary N) is 1. The van der Waals surface area contributed by atoms with Crippen LogP contribution in [0.5, 0.6) is 5.75 Å². The van der Waals surface area contributed by atoms with Crippen molar-refractivity contribution in [2.24, 2.45) is 11.5 Å². The largest absolute Gasteiger partial charge is 0.483 e. The van der Waals surface area contributed by atoms with Crippen LogP contribution in [0.1, 0.15) is 86.4 Å². The summed E-state index contributed by atoms with van der Waals surface area (Å²) in [6, 6.07) is 12.0. The highest BCUT2D eigenvalue weighted by Gasteiger charge is 2.17. The first-order chi connectivity index (χ1) is 22.9. The second-order valence-corrected chi connectivity index (χ2v) is 10.3. The van der Waals surface area contributed by atoms with Gasteiger partial charge in [0, 0.05) is 12.3 Å². The summed E-state index contributed by atoms with van der Waals surface area (Å²) in [7, 11) is 1.50. The minimum Gasteiger partial charge on any atom is -0.483 e. The Balaban J connectivity index is 0.000000268. The topological polar surface area (TPSA) is 189 Å². The van der Waals surface area contributed by atoms with E-state index in [4.69, 9.17) is 20.8 Å². The molecule has 1 aliphatic heterocycles. The highest BCUT2D eigenvalue weighted by atomic mass is 19.1. The monoisotopic (exact) mass is 650 g/mol. The number of hydrogen-bond acceptors (Lipinski definition) is 9. The predicted octanol–water partition coefficient (Wildman–Crippen LogP) is 5.16. The van der Waals surface area contributed by atoms with Gasteiger partial charge in [-0.05, 0) is 69.4 Å². The third-order valence-electron chi connectivity index (χ3n) is 7.22. The molecule has 13 heteroatoms. The number of carboxylic acid groups (broad SMARTS) is 1. The van der Waals surface area contributed by atoms with Gasteiger partial charge in [0.15, 0.2) is 11.6 Å². The summed E-state index contributed by atoms with van der Waals surface area (Å²) < 4.78 is 20.5. The average molecular weight is 651 g/mol. The molecule has 2 aliphatic rings. The smallest absolute Gasteiger partial charge is 0.335 e. The number of aromatic carboxylic acids is 1. The molecule has 2 fully saturated rings. The minimum atomic E-state index is -0.931. The van der Waals surface area contributed by atoms with E-state index in [1.807, 2.05) is 24.5 Å². The number of benzene rings is 2. The molecular formula is C34H47FN8O4. The highest BCUT2D eigenvalue weighted by Crippen LogP contribution is 2.21. The van der Waals surface area contributed by atoms with Gasteiger partial charge in [-0.15, -0.1) is 0 Å². The Morgan fingerprint density at radius 2 is 1.70 bits per heavy atom. The molecule has 6 rings (SSSR count). The number of imidazole rings is 1. The summed E-state index contributed by atoms with van der Waals surface area (Å²) in [5.41, 5.74) is 12.1. The maximum atomic E-state index is 13.5. The fraction of sp³-hybridized carbons (Fsp3) is 0.441. The van der Waals surface area contributed by atoms with Gasteiger partial charge in [0.2, 0.25) is 0 Å². The first-order valence-electron chi connectivity index (χ1n) is 16.0. The number of halogens is 1. The standard InChI is InChI=1S/C15H20N4O2.C12H8FN3O2.C4H8.C2H6.CH5N/c16-10-19-13-8-11(15(20)21)4-5-12(13)17-14(19)9-18-6-2-1-3-7-18;13-9-5-8(6-14)1-2-10(9)18-7-11-15-4-3-12(17)16-11;1-2-4-3-1;2*1-2/h4-5,8H,1-3,6-7,9-10,16H2,(H,20,21);1-5H,7H2,(H,15,16,17);1-4H2;1-2H3;2H2,1H3. The lowest BCUT2D eigenvalue weighted by Crippen LogP contribution is -2.30. The number of carboxylic acids is 1. The van der Waals surface area contributed by atoms with E-state index in [9.17, 15) is 14.0 Å². The van der Waals surface area contributed by atoms with Crippen LogP contribution in [0.15, 0.2) is 53.5 Å². The molecule has 1 saturated heterocycles. The molecule has 12 nitrogen and oxygen atoms in total. The molecule has 0 spiro atoms. The quantitative estimate of drug-likeness (QED) is 0.208. The minimum absolute atomic E-state index is 0.000465. The Labute approximate surface area is 275 Å². The van der Waals surface area contributed by atoms with E-state index in [0.717, 1.165) is 42.6 Å². The number of aromatic amines is 1. The summed E-state index contributed by atoms with van der Waals surface area (Å²) in [6.07, 6.45) is 11.1. The molecule has 6 N–H and O–H groups in total. The highest BCUT2D eigenvalue weighted by molar-refractivity contribution is 5.92. The third kappa shape index (κ3) is 12.2. The van der Waals surface area contributed by atoms with E-state index >= 15 is 0 Å². The van der Waals surface area contributed by atoms with Gasteiger partial charge in [-0.3, -0.25) is 9.69 Å². The fourth-order valence-corrected chi connectivity index (χ4v) is 4.52. The van der Waals surface area contributed by atoms with Crippen molar-refractivity contribution in [1.29, 1.82) is 5.26 Å². The Kier molecular flexibility index (Phi) is 17.4. The van der Waals surface area contributed by atoms with Crippen LogP contribution in [0.2, 0.25) is 0 Å². The number of hydrogen-bond donors (Lipinski definition) is 4. The number of carbonyl (C=O) groups is 1. The number of H-pyrrole nitrogens is 1. The number of likely N-dealkylation sites (tertiary alicyclic amines) is 1. The SMILES string of the molecule is C1CCC1.CC.CN.N#Cc1ccc(OCc2nccc(=O)[nH]2)c(F)c1.NCn1c(CN2CCCCC2)nc2ccc(C(=O)O)cc21. The van der Waals surface area contributed by atoms with E-state index in [0.29, 0.717) is 12.5 Å². The number of nitriles is 1. The maximum absolute atomic E-state index is 13.5. The van der Waals surface area contributed by atoms with Crippen LogP contribution < -0.4 is 21.8 Å². The number of rotatable bonds is 7. The molecule has 47 heavy (non-hydrogen) atoms. The molecule has 0 bridgehead atoms. The second-order valence-electron chi connectivity index (χ2n) is 10.3. The zero-order valence-corrected chi connectivity index (χ0v) is 27.5. The maximum Gasteiger partial charge on any atom is 0.335 e. The molecule has 0 unspecified atom stereocenters. The Hall–Kier alpha value is -4.64. The van der Waals surface area contributed by atoms with Gasteiger partial charge in [0.25, 0.3) is 5.56 Å². The van der Waals surface area contributed by atoms with Crippen molar-refractivity contribution in [2.45, 2.75) is 78.6 Å². The van der Waals surface area contributed by atoms with Crippen LogP contribution in [-0.2, 0) is 19.8 Å². The van der Waals surface area contributed by atoms with Crippen molar-refractivity contribution in [3.8, 4) is 11.8 Å². The van der Waals surface area contributed by atoms with E-state index in [1.165, 1.54) is 76.4 Å². The van der Waals surface area contributed by atoms with Gasteiger partial charge in [-0.1, -0.05) is 46.0 Å². The van der Waals surface area contributed by atoms with Crippen molar-refractivity contribution in [2.75, 3.05) is 20.1 Å². The van der Waals surface area contributed by atoms with Crippen LogP contribution in [0.25, 0.3) is 11.0 Å². The molecule has 3 heterocycles. The third-order valence-corrected chi connectivity index (χ3v) is 7.22. The summed E-state index contributed by atoms with van der Waals surface area (Å²) in [5, 5.41) is 17.7. The lowest BCUT2D eigenvalue weighted by molar-refractivity contribution is 0.0697. The second kappa shape index (κ2) is 21.2. The van der Waals surface area contributed by atoms with Gasteiger partial charge >= 0.3 is 5.97 Å². The fourth-order valence-electron chi connectivity index (χ4n) is 4.52. The van der Waals surface area contributed by atoms with Gasteiger partial charge in [-0.2, -0.15) is 5.26 Å². The number of piperidine rings is 1. The van der Waals surface area contributed by atoms with Crippen molar-refractivity contribution in [3.63, 3.8) is 0 Å². The molecule has 2 aromatic carbocycles. The van der Waals surface area contributed by atoms with Crippen molar-refractivity contribution < 1.29 is 19.0 Å². The summed E-state index contributed by atoms with van der Waals surface area (Å²) in [6.45, 7) is 7.21. The summed E-state index contributed by atoms with van der Waals surface area (Å²) >= 11 is 0. The molecular weight excluding hydrogens is 603 g/mol. The van der Waals surface area contributed by atoms with Crippen molar-refractivity contribution >= 4 is 17.0 Å².